The number of nitrogens with zero attached hydrogens (tertiary/aromatic N) is 1. The molecule has 15 heavy (non-hydrogen) atoms. The van der Waals surface area contributed by atoms with Crippen molar-refractivity contribution in [2.24, 2.45) is 0 Å². The van der Waals surface area contributed by atoms with Crippen molar-refractivity contribution in [2.45, 2.75) is 12.7 Å². The van der Waals surface area contributed by atoms with E-state index in [1.165, 1.54) is 0 Å². The summed E-state index contributed by atoms with van der Waals surface area (Å²) in [7, 11) is -2.07. The van der Waals surface area contributed by atoms with Gasteiger partial charge in [0.05, 0.1) is 12.9 Å². The molecule has 0 fully saturated rings. The predicted octanol–water partition coefficient (Wildman–Crippen LogP) is -0.0414. The van der Waals surface area contributed by atoms with E-state index in [4.69, 9.17) is 9.45 Å². The molecule has 0 aliphatic rings. The van der Waals surface area contributed by atoms with Gasteiger partial charge in [0, 0.05) is 0 Å². The van der Waals surface area contributed by atoms with Gasteiger partial charge in [0.1, 0.15) is 0 Å². The van der Waals surface area contributed by atoms with Crippen LogP contribution in [0.1, 0.15) is 6.92 Å². The average Bonchev–Trinajstić information content (AvgIpc) is 2.02. The van der Waals surface area contributed by atoms with E-state index in [0.717, 1.165) is 7.11 Å². The Morgan fingerprint density at radius 3 is 1.67 bits per heavy atom. The first-order chi connectivity index (χ1) is 6.11. The monoisotopic (exact) mass is 266 g/mol. The minimum atomic E-state index is -4.16. The molecule has 0 saturated heterocycles. The molecule has 0 aliphatic carbocycles. The summed E-state index contributed by atoms with van der Waals surface area (Å²) in [4.78, 5) is 10.2. The fourth-order valence-electron chi connectivity index (χ4n) is 0.221. The predicted molar refractivity (Wildman–Crippen MR) is 57.9 cm³/mol. The lowest BCUT2D eigenvalue weighted by atomic mass is 10.7. The van der Waals surface area contributed by atoms with Gasteiger partial charge >= 0.3 is 10.4 Å². The zero-order valence-corrected chi connectivity index (χ0v) is 11.0. The number of hydrogen-bond donors (Lipinski definition) is 3. The second-order valence-electron chi connectivity index (χ2n) is 2.57. The van der Waals surface area contributed by atoms with Gasteiger partial charge in [-0.25, -0.2) is 0 Å². The second-order valence-corrected chi connectivity index (χ2v) is 5.27. The molecule has 0 aromatic rings. The molecule has 0 heterocycles. The van der Waals surface area contributed by atoms with E-state index < -0.39 is 18.4 Å². The summed E-state index contributed by atoms with van der Waals surface area (Å²) in [6.07, 6.45) is 0. The lowest BCUT2D eigenvalue weighted by molar-refractivity contribution is 0.324. The largest absolute Gasteiger partial charge is 0.397 e. The summed E-state index contributed by atoms with van der Waals surface area (Å²) in [5, 5.41) is 0. The van der Waals surface area contributed by atoms with Gasteiger partial charge in [0.2, 0.25) is 8.03 Å². The van der Waals surface area contributed by atoms with Crippen molar-refractivity contribution in [3.63, 3.8) is 0 Å². The summed E-state index contributed by atoms with van der Waals surface area (Å²) >= 11 is 0. The minimum Gasteiger partial charge on any atom is -0.345 e. The SMILES string of the molecule is CC(N(C)C)[PH](=O)O.COS(=O)(=O)O.N. The van der Waals surface area contributed by atoms with Gasteiger partial charge in [-0.05, 0) is 21.0 Å². The molecule has 0 aromatic carbocycles. The van der Waals surface area contributed by atoms with E-state index in [-0.39, 0.29) is 11.9 Å². The smallest absolute Gasteiger partial charge is 0.345 e. The first kappa shape index (κ1) is 20.4. The van der Waals surface area contributed by atoms with Crippen LogP contribution in [0.25, 0.3) is 0 Å². The van der Waals surface area contributed by atoms with Crippen LogP contribution in [0.15, 0.2) is 0 Å². The standard InChI is InChI=1S/C4H12NO2P.CH4O4S.H3N/c1-4(5(2)3)8(6)7;1-5-6(2,3)4;/h4,8H,1-3H3,(H,6,7);1H3,(H,2,3,4);1H3. The summed E-state index contributed by atoms with van der Waals surface area (Å²) in [5.74, 6) is -0.194. The molecule has 2 atom stereocenters. The Hall–Kier alpha value is -0.0200. The number of hydrogen-bond acceptors (Lipinski definition) is 6. The van der Waals surface area contributed by atoms with Crippen LogP contribution in [-0.4, -0.2) is 49.8 Å². The normalized spacial score (nSPS) is 14.6. The highest BCUT2D eigenvalue weighted by atomic mass is 32.3. The van der Waals surface area contributed by atoms with Gasteiger partial charge in [-0.3, -0.25) is 18.2 Å². The van der Waals surface area contributed by atoms with Crippen LogP contribution < -0.4 is 6.15 Å². The second kappa shape index (κ2) is 9.22. The summed E-state index contributed by atoms with van der Waals surface area (Å²) in [5.41, 5.74) is 0. The summed E-state index contributed by atoms with van der Waals surface area (Å²) in [6, 6.07) is 0. The molecule has 96 valence electrons. The summed E-state index contributed by atoms with van der Waals surface area (Å²) < 4.78 is 40.0. The zero-order valence-electron chi connectivity index (χ0n) is 9.17. The van der Waals surface area contributed by atoms with Crippen LogP contribution in [0.4, 0.5) is 0 Å². The van der Waals surface area contributed by atoms with Gasteiger partial charge in [-0.15, -0.1) is 0 Å². The molecule has 0 amide bonds. The van der Waals surface area contributed by atoms with Crippen molar-refractivity contribution in [3.8, 4) is 0 Å². The van der Waals surface area contributed by atoms with E-state index >= 15 is 0 Å². The molecule has 0 saturated carbocycles. The van der Waals surface area contributed by atoms with Gasteiger partial charge in [0.15, 0.2) is 0 Å². The van der Waals surface area contributed by atoms with E-state index in [1.807, 2.05) is 0 Å². The fraction of sp³-hybridized carbons (Fsp3) is 1.00. The van der Waals surface area contributed by atoms with E-state index in [9.17, 15) is 13.0 Å². The first-order valence-electron chi connectivity index (χ1n) is 3.54. The quantitative estimate of drug-likeness (QED) is 0.477. The van der Waals surface area contributed by atoms with Crippen LogP contribution in [0.5, 0.6) is 0 Å². The van der Waals surface area contributed by atoms with Crippen molar-refractivity contribution in [1.82, 2.24) is 11.1 Å². The number of rotatable bonds is 3. The maximum Gasteiger partial charge on any atom is 0.397 e. The van der Waals surface area contributed by atoms with Crippen LogP contribution >= 0.6 is 8.03 Å². The highest BCUT2D eigenvalue weighted by Crippen LogP contribution is 2.22. The highest BCUT2D eigenvalue weighted by Gasteiger charge is 2.07. The molecular weight excluding hydrogens is 247 g/mol. The Morgan fingerprint density at radius 2 is 1.67 bits per heavy atom. The molecule has 0 bridgehead atoms. The fourth-order valence-corrected chi connectivity index (χ4v) is 0.663. The van der Waals surface area contributed by atoms with Gasteiger partial charge in [0.25, 0.3) is 0 Å². The lowest BCUT2D eigenvalue weighted by Gasteiger charge is -2.15. The molecule has 8 nitrogen and oxygen atoms in total. The van der Waals surface area contributed by atoms with Crippen molar-refractivity contribution in [3.05, 3.63) is 0 Å². The molecule has 0 rings (SSSR count). The summed E-state index contributed by atoms with van der Waals surface area (Å²) in [6.45, 7) is 1.72. The molecule has 5 N–H and O–H groups in total. The van der Waals surface area contributed by atoms with E-state index in [1.54, 1.807) is 25.9 Å². The van der Waals surface area contributed by atoms with Crippen molar-refractivity contribution in [2.75, 3.05) is 21.2 Å². The molecule has 2 unspecified atom stereocenters. The Balaban J connectivity index is -0.000000187. The molecular formula is C5H19N2O6PS. The van der Waals surface area contributed by atoms with Gasteiger partial charge in [-0.2, -0.15) is 8.42 Å². The molecule has 0 spiro atoms. The molecule has 0 aromatic heterocycles. The third kappa shape index (κ3) is 16.6. The van der Waals surface area contributed by atoms with Crippen LogP contribution in [-0.2, 0) is 19.1 Å². The van der Waals surface area contributed by atoms with Crippen molar-refractivity contribution >= 4 is 18.4 Å². The van der Waals surface area contributed by atoms with E-state index in [2.05, 4.69) is 4.18 Å². The Kier molecular flexibility index (Phi) is 12.5. The third-order valence-electron chi connectivity index (χ3n) is 1.34. The van der Waals surface area contributed by atoms with Crippen molar-refractivity contribution < 1.29 is 26.6 Å². The van der Waals surface area contributed by atoms with Gasteiger partial charge < -0.3 is 11.0 Å². The lowest BCUT2D eigenvalue weighted by Crippen LogP contribution is -2.20. The first-order valence-corrected chi connectivity index (χ1v) is 6.34. The minimum absolute atomic E-state index is 0. The van der Waals surface area contributed by atoms with E-state index in [0.29, 0.717) is 0 Å². The Bertz CT molecular complexity index is 267. The zero-order chi connectivity index (χ0) is 11.9. The van der Waals surface area contributed by atoms with Gasteiger partial charge in [-0.1, -0.05) is 0 Å². The third-order valence-corrected chi connectivity index (χ3v) is 3.00. The molecule has 10 heteroatoms. The molecule has 0 radical (unpaired) electrons. The maximum atomic E-state index is 10.3. The van der Waals surface area contributed by atoms with Crippen LogP contribution in [0.2, 0.25) is 0 Å². The average molecular weight is 266 g/mol. The topological polar surface area (TPSA) is 139 Å². The van der Waals surface area contributed by atoms with Crippen molar-refractivity contribution in [1.29, 1.82) is 0 Å². The Labute approximate surface area is 90.6 Å². The maximum absolute atomic E-state index is 10.3. The van der Waals surface area contributed by atoms with Crippen LogP contribution in [0.3, 0.4) is 0 Å². The Morgan fingerprint density at radius 1 is 1.40 bits per heavy atom. The van der Waals surface area contributed by atoms with Crippen LogP contribution in [0, 0.1) is 0 Å². The highest BCUT2D eigenvalue weighted by molar-refractivity contribution is 7.80. The molecule has 0 aliphatic heterocycles.